The van der Waals surface area contributed by atoms with Gasteiger partial charge in [0.15, 0.2) is 5.78 Å². The van der Waals surface area contributed by atoms with E-state index in [2.05, 4.69) is 10.6 Å². The first kappa shape index (κ1) is 44.2. The molecule has 10 nitrogen and oxygen atoms in total. The molecule has 0 radical (unpaired) electrons. The molecule has 0 saturated carbocycles. The largest absolute Gasteiger partial charge is 0.520 e. The molecule has 4 rings (SSSR count). The van der Waals surface area contributed by atoms with E-state index in [-0.39, 0.29) is 31.5 Å². The number of rotatable bonds is 18. The topological polar surface area (TPSA) is 131 Å². The van der Waals surface area contributed by atoms with Crippen molar-refractivity contribution in [2.24, 2.45) is 5.92 Å². The normalized spacial score (nSPS) is 13.6. The molecule has 0 fully saturated rings. The van der Waals surface area contributed by atoms with E-state index in [1.165, 1.54) is 11.9 Å². The number of ketones is 1. The molecule has 0 unspecified atom stereocenters. The van der Waals surface area contributed by atoms with Gasteiger partial charge in [-0.3, -0.25) is 19.2 Å². The number of carbonyl (C=O) groups is 5. The number of hydrogen-bond acceptors (Lipinski definition) is 7. The second-order valence-corrected chi connectivity index (χ2v) is 20.8. The van der Waals surface area contributed by atoms with Crippen molar-refractivity contribution in [3.8, 4) is 0 Å². The third kappa shape index (κ3) is 15.1. The van der Waals surface area contributed by atoms with Crippen LogP contribution in [0.3, 0.4) is 0 Å². The molecular formula is C46H57N3O7Si. The van der Waals surface area contributed by atoms with Gasteiger partial charge < -0.3 is 24.7 Å². The van der Waals surface area contributed by atoms with Crippen LogP contribution in [0, 0.1) is 5.92 Å². The van der Waals surface area contributed by atoms with Crippen molar-refractivity contribution in [3.05, 3.63) is 144 Å². The van der Waals surface area contributed by atoms with Crippen molar-refractivity contribution in [2.45, 2.75) is 96.2 Å². The van der Waals surface area contributed by atoms with E-state index in [1.54, 1.807) is 20.8 Å². The average molecular weight is 792 g/mol. The van der Waals surface area contributed by atoms with Crippen LogP contribution in [-0.2, 0) is 54.0 Å². The van der Waals surface area contributed by atoms with Crippen LogP contribution in [0.25, 0.3) is 0 Å². The molecule has 0 aliphatic carbocycles. The second kappa shape index (κ2) is 20.6. The molecule has 57 heavy (non-hydrogen) atoms. The van der Waals surface area contributed by atoms with Gasteiger partial charge in [0.25, 0.3) is 5.97 Å². The molecule has 4 aromatic rings. The molecule has 4 aromatic carbocycles. The van der Waals surface area contributed by atoms with E-state index >= 15 is 0 Å². The van der Waals surface area contributed by atoms with Crippen molar-refractivity contribution in [1.29, 1.82) is 0 Å². The molecule has 0 aliphatic heterocycles. The maximum atomic E-state index is 14.6. The quantitative estimate of drug-likeness (QED) is 0.103. The monoisotopic (exact) mass is 791 g/mol. The molecule has 0 spiro atoms. The molecule has 11 heteroatoms. The Morgan fingerprint density at radius 2 is 1.04 bits per heavy atom. The summed E-state index contributed by atoms with van der Waals surface area (Å²) >= 11 is 0. The molecule has 0 aromatic heterocycles. The van der Waals surface area contributed by atoms with Crippen LogP contribution in [-0.4, -0.2) is 73.7 Å². The highest BCUT2D eigenvalue weighted by Crippen LogP contribution is 2.21. The first-order valence-corrected chi connectivity index (χ1v) is 22.9. The van der Waals surface area contributed by atoms with Crippen LogP contribution < -0.4 is 10.6 Å². The predicted octanol–water partition coefficient (Wildman–Crippen LogP) is 7.12. The standard InChI is InChI=1S/C46H57N3O7Si/c1-46(2,3)55-45(54)48-39(30-35-24-16-10-17-25-35)43(52)49(4)40(31-36-26-18-11-19-27-36)42(51)47-38(29-34-22-14-9-15-23-34)41(50)32-37(44(53)56-57(5,6)7)28-33-20-12-8-13-21-33/h8-27,37-40H,28-32H2,1-7H3,(H,47,51)(H,48,54)/t37-,38+,39+,40+/m1/s1. The number of alkyl carbamates (subject to hydrolysis) is 1. The van der Waals surface area contributed by atoms with E-state index in [0.29, 0.717) is 6.42 Å². The first-order chi connectivity index (χ1) is 27.0. The molecule has 0 bridgehead atoms. The zero-order valence-corrected chi connectivity index (χ0v) is 35.2. The number of carbonyl (C=O) groups excluding carboxylic acids is 5. The first-order valence-electron chi connectivity index (χ1n) is 19.4. The molecule has 0 aliphatic rings. The minimum absolute atomic E-state index is 0.130. The molecule has 0 saturated heterocycles. The van der Waals surface area contributed by atoms with Crippen molar-refractivity contribution in [3.63, 3.8) is 0 Å². The Hall–Kier alpha value is -5.55. The highest BCUT2D eigenvalue weighted by Gasteiger charge is 2.36. The maximum Gasteiger partial charge on any atom is 0.408 e. The van der Waals surface area contributed by atoms with Gasteiger partial charge >= 0.3 is 6.09 Å². The summed E-state index contributed by atoms with van der Waals surface area (Å²) in [4.78, 5) is 71.5. The highest BCUT2D eigenvalue weighted by atomic mass is 28.4. The lowest BCUT2D eigenvalue weighted by Gasteiger charge is -2.32. The summed E-state index contributed by atoms with van der Waals surface area (Å²) in [6.45, 7) is 11.0. The van der Waals surface area contributed by atoms with Crippen molar-refractivity contribution in [2.75, 3.05) is 7.05 Å². The number of ether oxygens (including phenoxy) is 1. The minimum Gasteiger partial charge on any atom is -0.520 e. The Bertz CT molecular complexity index is 1910. The molecule has 2 N–H and O–H groups in total. The number of benzene rings is 4. The van der Waals surface area contributed by atoms with Crippen LogP contribution in [0.5, 0.6) is 0 Å². The van der Waals surface area contributed by atoms with E-state index in [0.717, 1.165) is 22.3 Å². The number of Topliss-reactive ketones (excluding diaryl/α,β-unsaturated/α-hetero) is 1. The van der Waals surface area contributed by atoms with Crippen LogP contribution in [0.1, 0.15) is 49.4 Å². The smallest absolute Gasteiger partial charge is 0.408 e. The summed E-state index contributed by atoms with van der Waals surface area (Å²) in [6, 6.07) is 34.2. The molecule has 3 amide bonds. The van der Waals surface area contributed by atoms with Crippen LogP contribution in [0.2, 0.25) is 19.6 Å². The van der Waals surface area contributed by atoms with Crippen molar-refractivity contribution < 1.29 is 33.1 Å². The number of amides is 3. The van der Waals surface area contributed by atoms with Crippen molar-refractivity contribution in [1.82, 2.24) is 15.5 Å². The van der Waals surface area contributed by atoms with Crippen molar-refractivity contribution >= 4 is 38.0 Å². The Balaban J connectivity index is 1.67. The SMILES string of the molecule is CN(C(=O)[C@H](Cc1ccccc1)NC(=O)OC(C)(C)C)[C@@H](Cc1ccccc1)C(=O)N[C@@H](Cc1ccccc1)C(=O)C[C@@H](Cc1ccccc1)C(=O)O[Si](C)(C)C. The number of likely N-dealkylation sites (N-methyl/N-ethyl adjacent to an activating group) is 1. The Kier molecular flexibility index (Phi) is 15.9. The Morgan fingerprint density at radius 1 is 0.614 bits per heavy atom. The molecular weight excluding hydrogens is 735 g/mol. The van der Waals surface area contributed by atoms with E-state index < -0.39 is 61.8 Å². The number of nitrogens with one attached hydrogen (secondary N) is 2. The van der Waals surface area contributed by atoms with Gasteiger partial charge in [-0.25, -0.2) is 4.79 Å². The van der Waals surface area contributed by atoms with Gasteiger partial charge in [0.1, 0.15) is 17.7 Å². The fourth-order valence-electron chi connectivity index (χ4n) is 6.41. The Labute approximate surface area is 338 Å². The van der Waals surface area contributed by atoms with E-state index in [4.69, 9.17) is 9.16 Å². The van der Waals surface area contributed by atoms with Gasteiger partial charge in [-0.1, -0.05) is 121 Å². The molecule has 4 atom stereocenters. The maximum absolute atomic E-state index is 14.6. The van der Waals surface area contributed by atoms with Crippen LogP contribution >= 0.6 is 0 Å². The molecule has 0 heterocycles. The lowest BCUT2D eigenvalue weighted by molar-refractivity contribution is -0.143. The third-order valence-electron chi connectivity index (χ3n) is 9.16. The lowest BCUT2D eigenvalue weighted by Crippen LogP contribution is -2.58. The minimum atomic E-state index is -2.30. The van der Waals surface area contributed by atoms with Crippen LogP contribution in [0.4, 0.5) is 4.79 Å². The fourth-order valence-corrected chi connectivity index (χ4v) is 7.18. The fraction of sp³-hybridized carbons (Fsp3) is 0.370. The number of hydrogen-bond donors (Lipinski definition) is 2. The zero-order chi connectivity index (χ0) is 41.6. The second-order valence-electron chi connectivity index (χ2n) is 16.4. The summed E-state index contributed by atoms with van der Waals surface area (Å²) in [5, 5.41) is 5.74. The van der Waals surface area contributed by atoms with Gasteiger partial charge in [0, 0.05) is 26.3 Å². The molecule has 302 valence electrons. The van der Waals surface area contributed by atoms with E-state index in [1.807, 2.05) is 141 Å². The zero-order valence-electron chi connectivity index (χ0n) is 34.2. The third-order valence-corrected chi connectivity index (χ3v) is 9.98. The summed E-state index contributed by atoms with van der Waals surface area (Å²) in [7, 11) is -0.772. The summed E-state index contributed by atoms with van der Waals surface area (Å²) in [5.41, 5.74) is 2.49. The van der Waals surface area contributed by atoms with Gasteiger partial charge in [0.05, 0.1) is 12.0 Å². The van der Waals surface area contributed by atoms with Gasteiger partial charge in [0.2, 0.25) is 20.1 Å². The average Bonchev–Trinajstić information content (AvgIpc) is 3.15. The Morgan fingerprint density at radius 3 is 1.47 bits per heavy atom. The summed E-state index contributed by atoms with van der Waals surface area (Å²) in [5.74, 6) is -2.61. The van der Waals surface area contributed by atoms with Crippen LogP contribution in [0.15, 0.2) is 121 Å². The lowest BCUT2D eigenvalue weighted by atomic mass is 9.90. The van der Waals surface area contributed by atoms with Gasteiger partial charge in [-0.05, 0) is 75.5 Å². The summed E-state index contributed by atoms with van der Waals surface area (Å²) in [6.07, 6.45) is -0.185. The summed E-state index contributed by atoms with van der Waals surface area (Å²) < 4.78 is 11.4. The van der Waals surface area contributed by atoms with Gasteiger partial charge in [-0.2, -0.15) is 0 Å². The van der Waals surface area contributed by atoms with E-state index in [9.17, 15) is 24.0 Å². The predicted molar refractivity (Wildman–Crippen MR) is 225 cm³/mol. The van der Waals surface area contributed by atoms with Gasteiger partial charge in [-0.15, -0.1) is 0 Å². The highest BCUT2D eigenvalue weighted by molar-refractivity contribution is 6.71. The number of nitrogens with zero attached hydrogens (tertiary/aromatic N) is 1.